The first-order chi connectivity index (χ1) is 9.88. The minimum Gasteiger partial charge on any atom is -0.478 e. The second-order valence-corrected chi connectivity index (χ2v) is 6.00. The normalized spacial score (nSPS) is 10.4. The molecule has 0 unspecified atom stereocenters. The molecule has 8 heteroatoms. The molecule has 1 N–H and O–H groups in total. The highest BCUT2D eigenvalue weighted by atomic mass is 79.9. The zero-order valence-corrected chi connectivity index (χ0v) is 13.1. The van der Waals surface area contributed by atoms with Crippen molar-refractivity contribution in [2.24, 2.45) is 0 Å². The topological polar surface area (TPSA) is 93.3 Å². The van der Waals surface area contributed by atoms with Crippen molar-refractivity contribution in [1.29, 1.82) is 0 Å². The van der Waals surface area contributed by atoms with Crippen LogP contribution >= 0.6 is 27.7 Å². The molecule has 21 heavy (non-hydrogen) atoms. The van der Waals surface area contributed by atoms with E-state index in [0.717, 1.165) is 11.8 Å². The molecule has 1 aromatic carbocycles. The van der Waals surface area contributed by atoms with Gasteiger partial charge < -0.3 is 5.11 Å². The lowest BCUT2D eigenvalue weighted by Crippen LogP contribution is -1.98. The van der Waals surface area contributed by atoms with Gasteiger partial charge in [-0.25, -0.2) is 9.78 Å². The van der Waals surface area contributed by atoms with Crippen LogP contribution in [-0.2, 0) is 0 Å². The van der Waals surface area contributed by atoms with Crippen molar-refractivity contribution >= 4 is 39.3 Å². The van der Waals surface area contributed by atoms with Crippen LogP contribution in [0.1, 0.15) is 16.1 Å². The van der Waals surface area contributed by atoms with E-state index in [4.69, 9.17) is 5.11 Å². The molecule has 0 aliphatic rings. The van der Waals surface area contributed by atoms with Gasteiger partial charge in [-0.15, -0.1) is 0 Å². The molecule has 0 saturated heterocycles. The summed E-state index contributed by atoms with van der Waals surface area (Å²) in [6.45, 7) is 1.73. The molecular formula is C13H9BrN2O4S. The van der Waals surface area contributed by atoms with Crippen LogP contribution in [0.25, 0.3) is 0 Å². The van der Waals surface area contributed by atoms with Gasteiger partial charge in [0, 0.05) is 21.1 Å². The number of halogens is 1. The first-order valence-corrected chi connectivity index (χ1v) is 7.32. The highest BCUT2D eigenvalue weighted by Gasteiger charge is 2.18. The Morgan fingerprint density at radius 1 is 1.38 bits per heavy atom. The van der Waals surface area contributed by atoms with E-state index in [2.05, 4.69) is 20.9 Å². The van der Waals surface area contributed by atoms with E-state index in [1.165, 1.54) is 12.1 Å². The lowest BCUT2D eigenvalue weighted by Gasteiger charge is -2.05. The average Bonchev–Trinajstić information content (AvgIpc) is 2.40. The molecule has 0 saturated carbocycles. The smallest absolute Gasteiger partial charge is 0.336 e. The van der Waals surface area contributed by atoms with E-state index in [0.29, 0.717) is 15.1 Å². The summed E-state index contributed by atoms with van der Waals surface area (Å²) in [4.78, 5) is 26.3. The number of carboxylic acid groups (broad SMARTS) is 1. The molecule has 0 amide bonds. The summed E-state index contributed by atoms with van der Waals surface area (Å²) >= 11 is 4.21. The summed E-state index contributed by atoms with van der Waals surface area (Å²) in [5.41, 5.74) is 0.638. The Balaban J connectivity index is 2.43. The summed E-state index contributed by atoms with van der Waals surface area (Å²) in [5, 5.41) is 20.3. The van der Waals surface area contributed by atoms with Crippen LogP contribution in [-0.4, -0.2) is 21.0 Å². The Morgan fingerprint density at radius 2 is 2.10 bits per heavy atom. The molecule has 2 rings (SSSR count). The van der Waals surface area contributed by atoms with Crippen molar-refractivity contribution in [1.82, 2.24) is 4.98 Å². The quantitative estimate of drug-likeness (QED) is 0.649. The van der Waals surface area contributed by atoms with Gasteiger partial charge in [0.15, 0.2) is 5.03 Å². The Bertz CT molecular complexity index is 736. The minimum absolute atomic E-state index is 0.0929. The van der Waals surface area contributed by atoms with Gasteiger partial charge in [0.2, 0.25) is 0 Å². The fourth-order valence-electron chi connectivity index (χ4n) is 1.58. The lowest BCUT2D eigenvalue weighted by molar-refractivity contribution is -0.388. The van der Waals surface area contributed by atoms with Crippen LogP contribution in [0.4, 0.5) is 5.69 Å². The number of hydrogen-bond acceptors (Lipinski definition) is 5. The molecule has 0 spiro atoms. The zero-order chi connectivity index (χ0) is 15.6. The van der Waals surface area contributed by atoms with Crippen LogP contribution in [0.15, 0.2) is 44.7 Å². The first-order valence-electron chi connectivity index (χ1n) is 5.71. The molecule has 0 bridgehead atoms. The third kappa shape index (κ3) is 3.59. The second kappa shape index (κ2) is 6.23. The molecule has 0 aliphatic carbocycles. The number of carboxylic acids is 1. The van der Waals surface area contributed by atoms with Gasteiger partial charge in [-0.2, -0.15) is 0 Å². The first kappa shape index (κ1) is 15.5. The van der Waals surface area contributed by atoms with Gasteiger partial charge in [-0.3, -0.25) is 10.1 Å². The summed E-state index contributed by atoms with van der Waals surface area (Å²) in [6, 6.07) is 7.67. The number of aromatic carboxylic acids is 1. The van der Waals surface area contributed by atoms with E-state index in [9.17, 15) is 14.9 Å². The number of aryl methyl sites for hydroxylation is 1. The lowest BCUT2D eigenvalue weighted by atomic mass is 10.2. The van der Waals surface area contributed by atoms with E-state index >= 15 is 0 Å². The highest BCUT2D eigenvalue weighted by molar-refractivity contribution is 9.10. The number of hydrogen-bond donors (Lipinski definition) is 1. The SMILES string of the molecule is Cc1ccc([N+](=O)[O-])c(Sc2ccc(Br)c(C(=O)O)c2)n1. The molecule has 0 fully saturated rings. The molecule has 0 atom stereocenters. The van der Waals surface area contributed by atoms with Crippen LogP contribution < -0.4 is 0 Å². The fourth-order valence-corrected chi connectivity index (χ4v) is 2.97. The monoisotopic (exact) mass is 368 g/mol. The molecule has 0 radical (unpaired) electrons. The average molecular weight is 369 g/mol. The largest absolute Gasteiger partial charge is 0.478 e. The number of nitrogens with zero attached hydrogens (tertiary/aromatic N) is 2. The maximum absolute atomic E-state index is 11.1. The summed E-state index contributed by atoms with van der Waals surface area (Å²) in [5.74, 6) is -1.07. The van der Waals surface area contributed by atoms with E-state index in [1.54, 1.807) is 25.1 Å². The summed E-state index contributed by atoms with van der Waals surface area (Å²) < 4.78 is 0.450. The highest BCUT2D eigenvalue weighted by Crippen LogP contribution is 2.34. The zero-order valence-electron chi connectivity index (χ0n) is 10.7. The Labute approximate surface area is 132 Å². The van der Waals surface area contributed by atoms with Crippen molar-refractivity contribution in [3.05, 3.63) is 56.2 Å². The maximum atomic E-state index is 11.1. The molecule has 108 valence electrons. The Morgan fingerprint density at radius 3 is 2.71 bits per heavy atom. The van der Waals surface area contributed by atoms with Crippen LogP contribution in [0.3, 0.4) is 0 Å². The van der Waals surface area contributed by atoms with E-state index < -0.39 is 10.9 Å². The summed E-state index contributed by atoms with van der Waals surface area (Å²) in [7, 11) is 0. The van der Waals surface area contributed by atoms with Gasteiger partial charge in [0.05, 0.1) is 10.5 Å². The summed E-state index contributed by atoms with van der Waals surface area (Å²) in [6.07, 6.45) is 0. The maximum Gasteiger partial charge on any atom is 0.336 e. The van der Waals surface area contributed by atoms with Gasteiger partial charge in [0.25, 0.3) is 0 Å². The number of carbonyl (C=O) groups is 1. The van der Waals surface area contributed by atoms with Gasteiger partial charge in [0.1, 0.15) is 0 Å². The standard InChI is InChI=1S/C13H9BrN2O4S/c1-7-2-5-11(16(19)20)12(15-7)21-8-3-4-10(14)9(6-8)13(17)18/h2-6H,1H3,(H,17,18). The Hall–Kier alpha value is -1.93. The molecule has 1 aromatic heterocycles. The second-order valence-electron chi connectivity index (χ2n) is 4.08. The molecule has 1 heterocycles. The van der Waals surface area contributed by atoms with Gasteiger partial charge >= 0.3 is 11.7 Å². The number of benzene rings is 1. The van der Waals surface area contributed by atoms with Crippen molar-refractivity contribution in [2.45, 2.75) is 16.8 Å². The van der Waals surface area contributed by atoms with Crippen molar-refractivity contribution in [3.8, 4) is 0 Å². The van der Waals surface area contributed by atoms with Crippen molar-refractivity contribution < 1.29 is 14.8 Å². The van der Waals surface area contributed by atoms with E-state index in [1.807, 2.05) is 0 Å². The molecule has 6 nitrogen and oxygen atoms in total. The van der Waals surface area contributed by atoms with Gasteiger partial charge in [-0.1, -0.05) is 11.8 Å². The molecule has 2 aromatic rings. The number of rotatable bonds is 4. The third-order valence-corrected chi connectivity index (χ3v) is 4.23. The molecular weight excluding hydrogens is 360 g/mol. The van der Waals surface area contributed by atoms with Crippen molar-refractivity contribution in [2.75, 3.05) is 0 Å². The number of nitro groups is 1. The van der Waals surface area contributed by atoms with Crippen LogP contribution in [0.2, 0.25) is 0 Å². The molecule has 0 aliphatic heterocycles. The Kier molecular flexibility index (Phi) is 4.59. The van der Waals surface area contributed by atoms with E-state index in [-0.39, 0.29) is 16.3 Å². The predicted molar refractivity (Wildman–Crippen MR) is 80.9 cm³/mol. The van der Waals surface area contributed by atoms with Crippen LogP contribution in [0, 0.1) is 17.0 Å². The third-order valence-electron chi connectivity index (χ3n) is 2.56. The predicted octanol–water partition coefficient (Wildman–Crippen LogP) is 3.91. The van der Waals surface area contributed by atoms with Gasteiger partial charge in [-0.05, 0) is 47.1 Å². The number of aromatic nitrogens is 1. The minimum atomic E-state index is -1.07. The fraction of sp³-hybridized carbons (Fsp3) is 0.0769. The van der Waals surface area contributed by atoms with Crippen LogP contribution in [0.5, 0.6) is 0 Å². The number of pyridine rings is 1. The van der Waals surface area contributed by atoms with Crippen molar-refractivity contribution in [3.63, 3.8) is 0 Å².